The van der Waals surface area contributed by atoms with E-state index in [1.54, 1.807) is 12.5 Å². The third-order valence-electron chi connectivity index (χ3n) is 3.22. The lowest BCUT2D eigenvalue weighted by Crippen LogP contribution is -2.24. The summed E-state index contributed by atoms with van der Waals surface area (Å²) in [6.45, 7) is 5.32. The van der Waals surface area contributed by atoms with Crippen LogP contribution < -0.4 is 5.32 Å². The first-order valence-corrected chi connectivity index (χ1v) is 6.93. The molecule has 2 rings (SSSR count). The van der Waals surface area contributed by atoms with Gasteiger partial charge in [-0.1, -0.05) is 38.1 Å². The first-order valence-electron chi connectivity index (χ1n) is 6.93. The normalized spacial score (nSPS) is 12.3. The summed E-state index contributed by atoms with van der Waals surface area (Å²) in [4.78, 5) is 8.37. The summed E-state index contributed by atoms with van der Waals surface area (Å²) in [5.74, 6) is 0. The molecule has 0 aliphatic heterocycles. The van der Waals surface area contributed by atoms with Gasteiger partial charge in [0.1, 0.15) is 6.33 Å². The minimum absolute atomic E-state index is 0.147. The summed E-state index contributed by atoms with van der Waals surface area (Å²) in [7, 11) is 0. The molecule has 19 heavy (non-hydrogen) atoms. The number of hydrogen-bond acceptors (Lipinski definition) is 3. The minimum Gasteiger partial charge on any atom is -0.305 e. The van der Waals surface area contributed by atoms with Gasteiger partial charge in [-0.2, -0.15) is 0 Å². The van der Waals surface area contributed by atoms with Gasteiger partial charge in [0, 0.05) is 6.20 Å². The Balaban J connectivity index is 2.26. The third-order valence-corrected chi connectivity index (χ3v) is 3.22. The Labute approximate surface area is 115 Å². The Morgan fingerprint density at radius 1 is 1.11 bits per heavy atom. The van der Waals surface area contributed by atoms with E-state index in [1.165, 1.54) is 11.1 Å². The maximum absolute atomic E-state index is 4.38. The van der Waals surface area contributed by atoms with Gasteiger partial charge in [0.05, 0.1) is 11.7 Å². The number of aromatic nitrogens is 2. The van der Waals surface area contributed by atoms with Crippen LogP contribution in [0.1, 0.15) is 43.1 Å². The van der Waals surface area contributed by atoms with Crippen LogP contribution in [0.3, 0.4) is 0 Å². The molecule has 0 saturated heterocycles. The standard InChI is InChI=1S/C16H21N3/c1-3-10-18-16(15-9-11-17-12-19-15)14-7-5-13(4-2)6-8-14/h5-9,11-12,16,18H,3-4,10H2,1-2H3. The predicted molar refractivity (Wildman–Crippen MR) is 78.0 cm³/mol. The van der Waals surface area contributed by atoms with Crippen LogP contribution in [0.5, 0.6) is 0 Å². The van der Waals surface area contributed by atoms with Crippen molar-refractivity contribution in [3.63, 3.8) is 0 Å². The van der Waals surface area contributed by atoms with Crippen LogP contribution in [0.2, 0.25) is 0 Å². The van der Waals surface area contributed by atoms with Crippen molar-refractivity contribution in [2.45, 2.75) is 32.7 Å². The summed E-state index contributed by atoms with van der Waals surface area (Å²) in [6.07, 6.45) is 5.58. The number of hydrogen-bond donors (Lipinski definition) is 1. The second-order valence-electron chi connectivity index (χ2n) is 4.62. The van der Waals surface area contributed by atoms with Crippen molar-refractivity contribution in [3.8, 4) is 0 Å². The van der Waals surface area contributed by atoms with Crippen molar-refractivity contribution >= 4 is 0 Å². The quantitative estimate of drug-likeness (QED) is 0.861. The summed E-state index contributed by atoms with van der Waals surface area (Å²) in [5, 5.41) is 3.55. The Bertz CT molecular complexity index is 479. The van der Waals surface area contributed by atoms with Crippen LogP contribution in [-0.2, 0) is 6.42 Å². The van der Waals surface area contributed by atoms with Crippen molar-refractivity contribution in [2.24, 2.45) is 0 Å². The highest BCUT2D eigenvalue weighted by molar-refractivity contribution is 5.30. The van der Waals surface area contributed by atoms with Gasteiger partial charge in [-0.15, -0.1) is 0 Å². The zero-order valence-corrected chi connectivity index (χ0v) is 11.6. The minimum atomic E-state index is 0.147. The van der Waals surface area contributed by atoms with E-state index >= 15 is 0 Å². The first kappa shape index (κ1) is 13.7. The Kier molecular flexibility index (Phi) is 5.04. The molecule has 0 saturated carbocycles. The molecule has 1 atom stereocenters. The van der Waals surface area contributed by atoms with Crippen LogP contribution in [0.4, 0.5) is 0 Å². The smallest absolute Gasteiger partial charge is 0.115 e. The first-order chi connectivity index (χ1) is 9.35. The highest BCUT2D eigenvalue weighted by Gasteiger charge is 2.14. The Morgan fingerprint density at radius 2 is 1.89 bits per heavy atom. The van der Waals surface area contributed by atoms with Crippen molar-refractivity contribution in [2.75, 3.05) is 6.54 Å². The molecule has 1 aromatic heterocycles. The summed E-state index contributed by atoms with van der Waals surface area (Å²) < 4.78 is 0. The van der Waals surface area contributed by atoms with E-state index in [-0.39, 0.29) is 6.04 Å². The van der Waals surface area contributed by atoms with Gasteiger partial charge in [-0.05, 0) is 36.6 Å². The molecule has 3 heteroatoms. The maximum Gasteiger partial charge on any atom is 0.115 e. The van der Waals surface area contributed by atoms with Gasteiger partial charge in [-0.25, -0.2) is 9.97 Å². The molecule has 2 aromatic rings. The molecular weight excluding hydrogens is 234 g/mol. The van der Waals surface area contributed by atoms with Gasteiger partial charge >= 0.3 is 0 Å². The summed E-state index contributed by atoms with van der Waals surface area (Å²) in [5.41, 5.74) is 3.64. The van der Waals surface area contributed by atoms with Gasteiger partial charge in [-0.3, -0.25) is 0 Å². The second-order valence-corrected chi connectivity index (χ2v) is 4.62. The van der Waals surface area contributed by atoms with Crippen LogP contribution in [-0.4, -0.2) is 16.5 Å². The molecular formula is C16H21N3. The molecule has 0 aliphatic rings. The lowest BCUT2D eigenvalue weighted by atomic mass is 10.0. The molecule has 3 nitrogen and oxygen atoms in total. The second kappa shape index (κ2) is 7.00. The number of nitrogens with one attached hydrogen (secondary N) is 1. The number of aryl methyl sites for hydroxylation is 1. The molecule has 1 heterocycles. The topological polar surface area (TPSA) is 37.8 Å². The lowest BCUT2D eigenvalue weighted by Gasteiger charge is -2.18. The van der Waals surface area contributed by atoms with Crippen LogP contribution >= 0.6 is 0 Å². The van der Waals surface area contributed by atoms with E-state index in [0.29, 0.717) is 0 Å². The fraction of sp³-hybridized carbons (Fsp3) is 0.375. The molecule has 1 unspecified atom stereocenters. The number of rotatable bonds is 6. The highest BCUT2D eigenvalue weighted by Crippen LogP contribution is 2.20. The SMILES string of the molecule is CCCNC(c1ccc(CC)cc1)c1ccncn1. The van der Waals surface area contributed by atoms with Crippen molar-refractivity contribution in [1.82, 2.24) is 15.3 Å². The molecule has 1 N–H and O–H groups in total. The molecule has 0 radical (unpaired) electrons. The van der Waals surface area contributed by atoms with Crippen molar-refractivity contribution in [3.05, 3.63) is 59.7 Å². The molecule has 0 amide bonds. The van der Waals surface area contributed by atoms with Gasteiger partial charge in [0.25, 0.3) is 0 Å². The van der Waals surface area contributed by atoms with Crippen molar-refractivity contribution in [1.29, 1.82) is 0 Å². The highest BCUT2D eigenvalue weighted by atomic mass is 14.9. The molecule has 0 bridgehead atoms. The van der Waals surface area contributed by atoms with E-state index in [2.05, 4.69) is 53.4 Å². The summed E-state index contributed by atoms with van der Waals surface area (Å²) >= 11 is 0. The van der Waals surface area contributed by atoms with Gasteiger partial charge < -0.3 is 5.32 Å². The molecule has 0 aliphatic carbocycles. The van der Waals surface area contributed by atoms with Gasteiger partial charge in [0.15, 0.2) is 0 Å². The molecule has 0 fully saturated rings. The summed E-state index contributed by atoms with van der Waals surface area (Å²) in [6, 6.07) is 10.9. The average molecular weight is 255 g/mol. The zero-order chi connectivity index (χ0) is 13.5. The lowest BCUT2D eigenvalue weighted by molar-refractivity contribution is 0.585. The largest absolute Gasteiger partial charge is 0.305 e. The zero-order valence-electron chi connectivity index (χ0n) is 11.6. The Morgan fingerprint density at radius 3 is 2.47 bits per heavy atom. The van der Waals surface area contributed by atoms with E-state index in [9.17, 15) is 0 Å². The van der Waals surface area contributed by atoms with E-state index in [4.69, 9.17) is 0 Å². The maximum atomic E-state index is 4.38. The third kappa shape index (κ3) is 3.61. The number of benzene rings is 1. The van der Waals surface area contributed by atoms with Crippen LogP contribution in [0, 0.1) is 0 Å². The van der Waals surface area contributed by atoms with E-state index in [1.807, 2.05) is 6.07 Å². The molecule has 100 valence electrons. The van der Waals surface area contributed by atoms with Crippen LogP contribution in [0.15, 0.2) is 42.9 Å². The van der Waals surface area contributed by atoms with E-state index in [0.717, 1.165) is 25.1 Å². The molecule has 1 aromatic carbocycles. The monoisotopic (exact) mass is 255 g/mol. The van der Waals surface area contributed by atoms with Crippen molar-refractivity contribution < 1.29 is 0 Å². The van der Waals surface area contributed by atoms with Gasteiger partial charge in [0.2, 0.25) is 0 Å². The average Bonchev–Trinajstić information content (AvgIpc) is 2.49. The predicted octanol–water partition coefficient (Wildman–Crippen LogP) is 3.13. The van der Waals surface area contributed by atoms with Crippen LogP contribution in [0.25, 0.3) is 0 Å². The molecule has 0 spiro atoms. The fourth-order valence-corrected chi connectivity index (χ4v) is 2.10. The number of nitrogens with zero attached hydrogens (tertiary/aromatic N) is 2. The fourth-order valence-electron chi connectivity index (χ4n) is 2.10. The Hall–Kier alpha value is -1.74. The van der Waals surface area contributed by atoms with E-state index < -0.39 is 0 Å².